The molecule has 0 amide bonds. The van der Waals surface area contributed by atoms with Crippen LogP contribution < -0.4 is 0 Å². The Morgan fingerprint density at radius 2 is 1.89 bits per heavy atom. The number of benzene rings is 1. The van der Waals surface area contributed by atoms with Crippen LogP contribution in [0, 0.1) is 0 Å². The Morgan fingerprint density at radius 3 is 2.61 bits per heavy atom. The second-order valence-electron chi connectivity index (χ2n) is 4.67. The van der Waals surface area contributed by atoms with Crippen molar-refractivity contribution in [2.75, 3.05) is 19.6 Å². The third kappa shape index (κ3) is 2.92. The summed E-state index contributed by atoms with van der Waals surface area (Å²) in [4.78, 5) is 2.25. The predicted octanol–water partition coefficient (Wildman–Crippen LogP) is 2.34. The highest BCUT2D eigenvalue weighted by Crippen LogP contribution is 2.15. The van der Waals surface area contributed by atoms with Crippen LogP contribution in [0.15, 0.2) is 36.5 Å². The summed E-state index contributed by atoms with van der Waals surface area (Å²) in [5.41, 5.74) is 1.19. The molecule has 98 valence electrons. The van der Waals surface area contributed by atoms with Crippen molar-refractivity contribution < 1.29 is 5.11 Å². The maximum absolute atomic E-state index is 10.2. The van der Waals surface area contributed by atoms with E-state index in [1.807, 2.05) is 12.1 Å². The molecule has 0 fully saturated rings. The number of hydrogen-bond acceptors (Lipinski definition) is 2. The highest BCUT2D eigenvalue weighted by atomic mass is 16.3. The van der Waals surface area contributed by atoms with Crippen molar-refractivity contribution in [3.05, 3.63) is 36.5 Å². The minimum Gasteiger partial charge on any atom is -0.390 e. The number of fused-ring (bicyclic) bond motifs is 1. The molecule has 3 nitrogen and oxygen atoms in total. The highest BCUT2D eigenvalue weighted by molar-refractivity contribution is 5.79. The average molecular weight is 246 g/mol. The maximum atomic E-state index is 10.2. The zero-order valence-corrected chi connectivity index (χ0v) is 11.2. The molecule has 0 saturated heterocycles. The number of rotatable bonds is 6. The van der Waals surface area contributed by atoms with Crippen LogP contribution in [0.4, 0.5) is 0 Å². The largest absolute Gasteiger partial charge is 0.390 e. The first-order chi connectivity index (χ1) is 8.74. The first-order valence-corrected chi connectivity index (χ1v) is 6.68. The van der Waals surface area contributed by atoms with Crippen molar-refractivity contribution in [2.45, 2.75) is 26.5 Å². The van der Waals surface area contributed by atoms with E-state index in [4.69, 9.17) is 0 Å². The van der Waals surface area contributed by atoms with E-state index in [0.717, 1.165) is 19.6 Å². The van der Waals surface area contributed by atoms with Gasteiger partial charge in [0, 0.05) is 24.8 Å². The molecule has 0 unspecified atom stereocenters. The lowest BCUT2D eigenvalue weighted by atomic mass is 10.2. The fourth-order valence-corrected chi connectivity index (χ4v) is 2.36. The van der Waals surface area contributed by atoms with Gasteiger partial charge in [-0.05, 0) is 30.6 Å². The van der Waals surface area contributed by atoms with Gasteiger partial charge < -0.3 is 14.6 Å². The fraction of sp³-hybridized carbons (Fsp3) is 0.467. The van der Waals surface area contributed by atoms with E-state index in [0.29, 0.717) is 6.54 Å². The van der Waals surface area contributed by atoms with Crippen molar-refractivity contribution in [3.8, 4) is 0 Å². The van der Waals surface area contributed by atoms with Gasteiger partial charge in [0.1, 0.15) is 0 Å². The first-order valence-electron chi connectivity index (χ1n) is 6.68. The molecule has 1 N–H and O–H groups in total. The molecule has 0 radical (unpaired) electrons. The minimum atomic E-state index is -0.319. The SMILES string of the molecule is CCN(CC)C[C@H](O)Cn1ccc2ccccc21. The normalized spacial score (nSPS) is 13.3. The lowest BCUT2D eigenvalue weighted by Gasteiger charge is -2.22. The summed E-state index contributed by atoms with van der Waals surface area (Å²) in [5, 5.41) is 11.4. The number of likely N-dealkylation sites (N-methyl/N-ethyl adjacent to an activating group) is 1. The second kappa shape index (κ2) is 6.03. The van der Waals surface area contributed by atoms with Crippen LogP contribution in [0.25, 0.3) is 10.9 Å². The predicted molar refractivity (Wildman–Crippen MR) is 75.7 cm³/mol. The van der Waals surface area contributed by atoms with E-state index >= 15 is 0 Å². The highest BCUT2D eigenvalue weighted by Gasteiger charge is 2.10. The summed E-state index contributed by atoms with van der Waals surface area (Å²) < 4.78 is 2.13. The quantitative estimate of drug-likeness (QED) is 0.847. The summed E-state index contributed by atoms with van der Waals surface area (Å²) >= 11 is 0. The Bertz CT molecular complexity index is 488. The van der Waals surface area contributed by atoms with Crippen LogP contribution in [-0.2, 0) is 6.54 Å². The van der Waals surface area contributed by atoms with Gasteiger partial charge in [0.25, 0.3) is 0 Å². The van der Waals surface area contributed by atoms with Crippen molar-refractivity contribution in [2.24, 2.45) is 0 Å². The minimum absolute atomic E-state index is 0.319. The van der Waals surface area contributed by atoms with E-state index in [1.165, 1.54) is 10.9 Å². The molecule has 3 heteroatoms. The number of para-hydroxylation sites is 1. The molecular formula is C15H22N2O. The van der Waals surface area contributed by atoms with Crippen molar-refractivity contribution in [3.63, 3.8) is 0 Å². The molecule has 18 heavy (non-hydrogen) atoms. The zero-order chi connectivity index (χ0) is 13.0. The Labute approximate surface area is 109 Å². The second-order valence-corrected chi connectivity index (χ2v) is 4.67. The van der Waals surface area contributed by atoms with Crippen LogP contribution in [0.3, 0.4) is 0 Å². The number of nitrogens with zero attached hydrogens (tertiary/aromatic N) is 2. The van der Waals surface area contributed by atoms with Gasteiger partial charge in [0.15, 0.2) is 0 Å². The third-order valence-electron chi connectivity index (χ3n) is 3.45. The zero-order valence-electron chi connectivity index (χ0n) is 11.2. The van der Waals surface area contributed by atoms with E-state index in [1.54, 1.807) is 0 Å². The molecule has 0 aliphatic rings. The third-order valence-corrected chi connectivity index (χ3v) is 3.45. The molecule has 1 atom stereocenters. The standard InChI is InChI=1S/C15H22N2O/c1-3-16(4-2)11-14(18)12-17-10-9-13-7-5-6-8-15(13)17/h5-10,14,18H,3-4,11-12H2,1-2H3/t14-/m0/s1. The number of aromatic nitrogens is 1. The molecule has 0 spiro atoms. The van der Waals surface area contributed by atoms with E-state index in [2.05, 4.69) is 47.7 Å². The number of aliphatic hydroxyl groups is 1. The Morgan fingerprint density at radius 1 is 1.17 bits per heavy atom. The smallest absolute Gasteiger partial charge is 0.0845 e. The summed E-state index contributed by atoms with van der Waals surface area (Å²) in [6.45, 7) is 7.62. The summed E-state index contributed by atoms with van der Waals surface area (Å²) in [7, 11) is 0. The number of aliphatic hydroxyl groups excluding tert-OH is 1. The van der Waals surface area contributed by atoms with E-state index in [-0.39, 0.29) is 6.10 Å². The average Bonchev–Trinajstić information content (AvgIpc) is 2.79. The Hall–Kier alpha value is -1.32. The molecule has 2 rings (SSSR count). The lowest BCUT2D eigenvalue weighted by Crippen LogP contribution is -2.34. The maximum Gasteiger partial charge on any atom is 0.0845 e. The van der Waals surface area contributed by atoms with Crippen molar-refractivity contribution in [1.82, 2.24) is 9.47 Å². The lowest BCUT2D eigenvalue weighted by molar-refractivity contribution is 0.104. The van der Waals surface area contributed by atoms with Gasteiger partial charge in [-0.25, -0.2) is 0 Å². The molecule has 0 bridgehead atoms. The topological polar surface area (TPSA) is 28.4 Å². The van der Waals surface area contributed by atoms with E-state index < -0.39 is 0 Å². The van der Waals surface area contributed by atoms with Gasteiger partial charge in [-0.2, -0.15) is 0 Å². The Balaban J connectivity index is 2.04. The van der Waals surface area contributed by atoms with Crippen LogP contribution >= 0.6 is 0 Å². The van der Waals surface area contributed by atoms with Gasteiger partial charge in [-0.1, -0.05) is 32.0 Å². The van der Waals surface area contributed by atoms with Crippen LogP contribution in [0.5, 0.6) is 0 Å². The van der Waals surface area contributed by atoms with Gasteiger partial charge in [-0.3, -0.25) is 0 Å². The number of hydrogen-bond donors (Lipinski definition) is 1. The Kier molecular flexibility index (Phi) is 4.39. The molecule has 0 aliphatic carbocycles. The van der Waals surface area contributed by atoms with Gasteiger partial charge in [0.05, 0.1) is 6.10 Å². The molecule has 0 aliphatic heterocycles. The van der Waals surface area contributed by atoms with Crippen molar-refractivity contribution >= 4 is 10.9 Å². The van der Waals surface area contributed by atoms with Crippen LogP contribution in [-0.4, -0.2) is 40.3 Å². The molecule has 1 aromatic heterocycles. The summed E-state index contributed by atoms with van der Waals surface area (Å²) in [6.07, 6.45) is 1.73. The molecular weight excluding hydrogens is 224 g/mol. The van der Waals surface area contributed by atoms with E-state index in [9.17, 15) is 5.11 Å². The van der Waals surface area contributed by atoms with Gasteiger partial charge >= 0.3 is 0 Å². The summed E-state index contributed by atoms with van der Waals surface area (Å²) in [6, 6.07) is 10.4. The molecule has 1 aromatic carbocycles. The molecule has 0 saturated carbocycles. The summed E-state index contributed by atoms with van der Waals surface area (Å²) in [5.74, 6) is 0. The van der Waals surface area contributed by atoms with Crippen LogP contribution in [0.1, 0.15) is 13.8 Å². The molecule has 2 aromatic rings. The molecule has 1 heterocycles. The van der Waals surface area contributed by atoms with Gasteiger partial charge in [-0.15, -0.1) is 0 Å². The van der Waals surface area contributed by atoms with Crippen molar-refractivity contribution in [1.29, 1.82) is 0 Å². The first kappa shape index (κ1) is 13.1. The fourth-order valence-electron chi connectivity index (χ4n) is 2.36. The monoisotopic (exact) mass is 246 g/mol. The van der Waals surface area contributed by atoms with Crippen LogP contribution in [0.2, 0.25) is 0 Å². The van der Waals surface area contributed by atoms with Gasteiger partial charge in [0.2, 0.25) is 0 Å².